The second kappa shape index (κ2) is 10.1. The Labute approximate surface area is 179 Å². The van der Waals surface area contributed by atoms with E-state index in [0.29, 0.717) is 30.8 Å². The predicted molar refractivity (Wildman–Crippen MR) is 117 cm³/mol. The van der Waals surface area contributed by atoms with Crippen molar-refractivity contribution in [3.05, 3.63) is 59.7 Å². The first kappa shape index (κ1) is 22.3. The third-order valence-electron chi connectivity index (χ3n) is 5.51. The van der Waals surface area contributed by atoms with Gasteiger partial charge in [-0.3, -0.25) is 4.79 Å². The number of aryl methyl sites for hydroxylation is 1. The van der Waals surface area contributed by atoms with Crippen molar-refractivity contribution in [3.8, 4) is 5.75 Å². The molecule has 7 heteroatoms. The van der Waals surface area contributed by atoms with Crippen LogP contribution < -0.4 is 10.1 Å². The Morgan fingerprint density at radius 3 is 2.27 bits per heavy atom. The normalized spacial score (nSPS) is 16.1. The minimum Gasteiger partial charge on any atom is -0.497 e. The van der Waals surface area contributed by atoms with Crippen LogP contribution in [0.4, 0.5) is 0 Å². The Balaban J connectivity index is 1.52. The molecule has 0 radical (unpaired) electrons. The van der Waals surface area contributed by atoms with E-state index in [-0.39, 0.29) is 11.9 Å². The highest BCUT2D eigenvalue weighted by atomic mass is 32.2. The van der Waals surface area contributed by atoms with Crippen LogP contribution in [0.1, 0.15) is 49.8 Å². The van der Waals surface area contributed by atoms with Gasteiger partial charge in [-0.1, -0.05) is 30.7 Å². The van der Waals surface area contributed by atoms with Gasteiger partial charge in [0.25, 0.3) is 0 Å². The highest BCUT2D eigenvalue weighted by molar-refractivity contribution is 7.89. The van der Waals surface area contributed by atoms with Crippen LogP contribution in [0.5, 0.6) is 5.75 Å². The average Bonchev–Trinajstić information content (AvgIpc) is 2.78. The lowest BCUT2D eigenvalue weighted by Gasteiger charge is -2.25. The van der Waals surface area contributed by atoms with Gasteiger partial charge in [-0.15, -0.1) is 0 Å². The second-order valence-electron chi connectivity index (χ2n) is 7.67. The van der Waals surface area contributed by atoms with E-state index in [1.54, 1.807) is 35.7 Å². The van der Waals surface area contributed by atoms with Crippen molar-refractivity contribution in [1.82, 2.24) is 9.62 Å². The number of carbonyl (C=O) groups is 1. The van der Waals surface area contributed by atoms with Gasteiger partial charge in [-0.05, 0) is 61.6 Å². The summed E-state index contributed by atoms with van der Waals surface area (Å²) in [6.07, 6.45) is 3.83. The van der Waals surface area contributed by atoms with Crippen molar-refractivity contribution in [2.75, 3.05) is 20.2 Å². The lowest BCUT2D eigenvalue weighted by molar-refractivity contribution is -0.121. The van der Waals surface area contributed by atoms with Gasteiger partial charge in [-0.2, -0.15) is 4.31 Å². The number of benzene rings is 2. The molecule has 1 saturated heterocycles. The number of carbonyl (C=O) groups excluding carboxylic acids is 1. The van der Waals surface area contributed by atoms with Crippen molar-refractivity contribution in [2.45, 2.75) is 50.0 Å². The molecule has 6 nitrogen and oxygen atoms in total. The number of methoxy groups -OCH3 is 1. The fraction of sp³-hybridized carbons (Fsp3) is 0.435. The molecule has 0 aliphatic carbocycles. The van der Waals surface area contributed by atoms with Gasteiger partial charge >= 0.3 is 0 Å². The van der Waals surface area contributed by atoms with E-state index in [0.717, 1.165) is 36.1 Å². The number of sulfonamides is 1. The third kappa shape index (κ3) is 5.61. The van der Waals surface area contributed by atoms with Crippen LogP contribution in [0.2, 0.25) is 0 Å². The van der Waals surface area contributed by atoms with Crippen molar-refractivity contribution in [3.63, 3.8) is 0 Å². The van der Waals surface area contributed by atoms with E-state index in [2.05, 4.69) is 5.32 Å². The highest BCUT2D eigenvalue weighted by Gasteiger charge is 2.25. The Morgan fingerprint density at radius 1 is 1.03 bits per heavy atom. The number of rotatable bonds is 8. The Morgan fingerprint density at radius 2 is 1.67 bits per heavy atom. The fourth-order valence-electron chi connectivity index (χ4n) is 3.63. The first-order chi connectivity index (χ1) is 14.4. The van der Waals surface area contributed by atoms with Crippen molar-refractivity contribution >= 4 is 15.9 Å². The molecule has 1 fully saturated rings. The molecule has 1 aliphatic rings. The van der Waals surface area contributed by atoms with Crippen LogP contribution in [0.25, 0.3) is 0 Å². The van der Waals surface area contributed by atoms with Crippen molar-refractivity contribution in [1.29, 1.82) is 0 Å². The molecule has 0 saturated carbocycles. The minimum atomic E-state index is -3.42. The fourth-order valence-corrected chi connectivity index (χ4v) is 5.15. The van der Waals surface area contributed by atoms with Crippen LogP contribution in [-0.2, 0) is 21.2 Å². The number of amides is 1. The van der Waals surface area contributed by atoms with E-state index in [1.165, 1.54) is 0 Å². The summed E-state index contributed by atoms with van der Waals surface area (Å²) in [6, 6.07) is 14.4. The average molecular weight is 431 g/mol. The minimum absolute atomic E-state index is 0.0386. The summed E-state index contributed by atoms with van der Waals surface area (Å²) in [5.74, 6) is 0.742. The van der Waals surface area contributed by atoms with Crippen LogP contribution >= 0.6 is 0 Å². The number of hydrogen-bond acceptors (Lipinski definition) is 4. The van der Waals surface area contributed by atoms with Crippen molar-refractivity contribution < 1.29 is 17.9 Å². The maximum absolute atomic E-state index is 12.7. The third-order valence-corrected chi connectivity index (χ3v) is 7.42. The zero-order chi connectivity index (χ0) is 21.6. The second-order valence-corrected chi connectivity index (χ2v) is 9.61. The van der Waals surface area contributed by atoms with Crippen LogP contribution in [0.3, 0.4) is 0 Å². The summed E-state index contributed by atoms with van der Waals surface area (Å²) in [5.41, 5.74) is 1.95. The molecule has 1 N–H and O–H groups in total. The predicted octanol–water partition coefficient (Wildman–Crippen LogP) is 3.68. The van der Waals surface area contributed by atoms with Crippen molar-refractivity contribution in [2.24, 2.45) is 0 Å². The number of hydrogen-bond donors (Lipinski definition) is 1. The van der Waals surface area contributed by atoms with Gasteiger partial charge in [-0.25, -0.2) is 8.42 Å². The maximum atomic E-state index is 12.7. The topological polar surface area (TPSA) is 75.7 Å². The smallest absolute Gasteiger partial charge is 0.243 e. The summed E-state index contributed by atoms with van der Waals surface area (Å²) in [6.45, 7) is 3.13. The molecule has 1 heterocycles. The van der Waals surface area contributed by atoms with E-state index >= 15 is 0 Å². The zero-order valence-corrected chi connectivity index (χ0v) is 18.5. The summed E-state index contributed by atoms with van der Waals surface area (Å²) < 4.78 is 32.2. The van der Waals surface area contributed by atoms with E-state index in [4.69, 9.17) is 4.74 Å². The molecule has 2 aromatic carbocycles. The molecule has 2 aromatic rings. The van der Waals surface area contributed by atoms with Crippen LogP contribution in [0.15, 0.2) is 53.4 Å². The standard InChI is InChI=1S/C23H30N2O4S/c1-18(20-9-11-21(29-2)12-10-20)24-23(26)15-8-19-6-13-22(14-7-19)30(27,28)25-16-4-3-5-17-25/h6-7,9-14,18H,3-5,8,15-17H2,1-2H3,(H,24,26)/t18-/m1/s1. The molecule has 3 rings (SSSR count). The Hall–Kier alpha value is -2.38. The molecule has 1 atom stereocenters. The quantitative estimate of drug-likeness (QED) is 0.693. The molecule has 0 unspecified atom stereocenters. The van der Waals surface area contributed by atoms with Crippen LogP contribution in [0, 0.1) is 0 Å². The molecule has 30 heavy (non-hydrogen) atoms. The Bertz CT molecular complexity index is 934. The molecule has 0 aromatic heterocycles. The summed E-state index contributed by atoms with van der Waals surface area (Å²) in [4.78, 5) is 12.6. The highest BCUT2D eigenvalue weighted by Crippen LogP contribution is 2.21. The number of nitrogens with zero attached hydrogens (tertiary/aromatic N) is 1. The summed E-state index contributed by atoms with van der Waals surface area (Å²) in [5, 5.41) is 3.00. The molecule has 1 amide bonds. The van der Waals surface area contributed by atoms with Gasteiger partial charge in [0.2, 0.25) is 15.9 Å². The maximum Gasteiger partial charge on any atom is 0.243 e. The zero-order valence-electron chi connectivity index (χ0n) is 17.6. The van der Waals surface area contributed by atoms with Crippen LogP contribution in [-0.4, -0.2) is 38.8 Å². The largest absolute Gasteiger partial charge is 0.497 e. The molecule has 0 bridgehead atoms. The molecule has 0 spiro atoms. The lowest BCUT2D eigenvalue weighted by Crippen LogP contribution is -2.35. The van der Waals surface area contributed by atoms with E-state index in [1.807, 2.05) is 31.2 Å². The van der Waals surface area contributed by atoms with E-state index in [9.17, 15) is 13.2 Å². The van der Waals surface area contributed by atoms with Gasteiger partial charge in [0, 0.05) is 19.5 Å². The van der Waals surface area contributed by atoms with E-state index < -0.39 is 10.0 Å². The first-order valence-electron chi connectivity index (χ1n) is 10.4. The number of ether oxygens (including phenoxy) is 1. The van der Waals surface area contributed by atoms with Gasteiger partial charge in [0.15, 0.2) is 0 Å². The summed E-state index contributed by atoms with van der Waals surface area (Å²) >= 11 is 0. The van der Waals surface area contributed by atoms with Gasteiger partial charge in [0.1, 0.15) is 5.75 Å². The Kier molecular flexibility index (Phi) is 7.50. The summed E-state index contributed by atoms with van der Waals surface area (Å²) in [7, 11) is -1.80. The van der Waals surface area contributed by atoms with Gasteiger partial charge < -0.3 is 10.1 Å². The number of nitrogens with one attached hydrogen (secondary N) is 1. The molecular weight excluding hydrogens is 400 g/mol. The molecule has 162 valence electrons. The molecule has 1 aliphatic heterocycles. The molecular formula is C23H30N2O4S. The number of piperidine rings is 1. The SMILES string of the molecule is COc1ccc([C@@H](C)NC(=O)CCc2ccc(S(=O)(=O)N3CCCCC3)cc2)cc1. The first-order valence-corrected chi connectivity index (χ1v) is 11.9. The monoisotopic (exact) mass is 430 g/mol. The lowest BCUT2D eigenvalue weighted by atomic mass is 10.1. The van der Waals surface area contributed by atoms with Gasteiger partial charge in [0.05, 0.1) is 18.0 Å².